The number of nitrogens with one attached hydrogen (secondary N) is 1. The molecule has 0 amide bonds. The Morgan fingerprint density at radius 2 is 2.06 bits per heavy atom. The van der Waals surface area contributed by atoms with E-state index in [-0.39, 0.29) is 10.5 Å². The first-order chi connectivity index (χ1) is 7.40. The first-order valence-electron chi connectivity index (χ1n) is 4.04. The van der Waals surface area contributed by atoms with Gasteiger partial charge in [0.1, 0.15) is 0 Å². The Kier molecular flexibility index (Phi) is 3.22. The molecule has 0 aliphatic carbocycles. The lowest BCUT2D eigenvalue weighted by atomic mass is 10.2. The molecule has 1 N–H and O–H groups in total. The van der Waals surface area contributed by atoms with Crippen LogP contribution >= 0.6 is 0 Å². The number of rotatable bonds is 3. The van der Waals surface area contributed by atoms with Crippen LogP contribution in [-0.2, 0) is 10.0 Å². The molecule has 0 saturated carbocycles. The van der Waals surface area contributed by atoms with Gasteiger partial charge in [0.25, 0.3) is 5.69 Å². The van der Waals surface area contributed by atoms with Crippen molar-refractivity contribution < 1.29 is 13.3 Å². The minimum atomic E-state index is -3.79. The monoisotopic (exact) mass is 241 g/mol. The molecule has 0 spiro atoms. The molecule has 84 valence electrons. The summed E-state index contributed by atoms with van der Waals surface area (Å²) in [7, 11) is -2.61. The second-order valence-corrected chi connectivity index (χ2v) is 4.68. The van der Waals surface area contributed by atoms with Crippen LogP contribution in [-0.4, -0.2) is 20.4 Å². The SMILES string of the molecule is CNS(=O)(=O)c1cc(C#N)cc([N+](=O)[O-])c1. The van der Waals surface area contributed by atoms with E-state index in [0.717, 1.165) is 18.2 Å². The number of non-ortho nitro benzene ring substituents is 1. The number of nitrogens with zero attached hydrogens (tertiary/aromatic N) is 2. The highest BCUT2D eigenvalue weighted by Gasteiger charge is 2.17. The molecule has 16 heavy (non-hydrogen) atoms. The van der Waals surface area contributed by atoms with E-state index in [0.29, 0.717) is 0 Å². The van der Waals surface area contributed by atoms with Gasteiger partial charge >= 0.3 is 0 Å². The molecular weight excluding hydrogens is 234 g/mol. The Hall–Kier alpha value is -1.98. The third-order valence-electron chi connectivity index (χ3n) is 1.81. The molecule has 1 aromatic rings. The average molecular weight is 241 g/mol. The van der Waals surface area contributed by atoms with Gasteiger partial charge in [-0.3, -0.25) is 10.1 Å². The van der Waals surface area contributed by atoms with Gasteiger partial charge in [0, 0.05) is 12.1 Å². The molecular formula is C8H7N3O4S. The maximum atomic E-state index is 11.4. The Morgan fingerprint density at radius 3 is 2.50 bits per heavy atom. The molecule has 7 nitrogen and oxygen atoms in total. The summed E-state index contributed by atoms with van der Waals surface area (Å²) in [6, 6.07) is 4.63. The van der Waals surface area contributed by atoms with Crippen molar-refractivity contribution in [2.75, 3.05) is 7.05 Å². The maximum Gasteiger partial charge on any atom is 0.272 e. The third-order valence-corrected chi connectivity index (χ3v) is 3.20. The smallest absolute Gasteiger partial charge is 0.258 e. The summed E-state index contributed by atoms with van der Waals surface area (Å²) in [6.45, 7) is 0. The minimum Gasteiger partial charge on any atom is -0.258 e. The van der Waals surface area contributed by atoms with Crippen LogP contribution in [0.2, 0.25) is 0 Å². The predicted octanol–water partition coefficient (Wildman–Crippen LogP) is 0.375. The molecule has 0 saturated heterocycles. The van der Waals surface area contributed by atoms with E-state index in [1.807, 2.05) is 4.72 Å². The molecule has 0 atom stereocenters. The van der Waals surface area contributed by atoms with E-state index in [9.17, 15) is 18.5 Å². The largest absolute Gasteiger partial charge is 0.272 e. The predicted molar refractivity (Wildman–Crippen MR) is 54.1 cm³/mol. The van der Waals surface area contributed by atoms with Crippen LogP contribution in [0, 0.1) is 21.4 Å². The number of nitro groups is 1. The van der Waals surface area contributed by atoms with Crippen molar-refractivity contribution in [1.82, 2.24) is 4.72 Å². The molecule has 1 aromatic carbocycles. The van der Waals surface area contributed by atoms with Gasteiger partial charge in [-0.05, 0) is 13.1 Å². The number of nitro benzene ring substituents is 1. The summed E-state index contributed by atoms with van der Waals surface area (Å²) in [5.74, 6) is 0. The zero-order valence-corrected chi connectivity index (χ0v) is 8.98. The summed E-state index contributed by atoms with van der Waals surface area (Å²) in [5.41, 5.74) is -0.518. The van der Waals surface area contributed by atoms with Gasteiger partial charge < -0.3 is 0 Å². The molecule has 8 heteroatoms. The quantitative estimate of drug-likeness (QED) is 0.606. The number of hydrogen-bond acceptors (Lipinski definition) is 5. The van der Waals surface area contributed by atoms with E-state index >= 15 is 0 Å². The van der Waals surface area contributed by atoms with Gasteiger partial charge in [-0.1, -0.05) is 0 Å². The number of hydrogen-bond donors (Lipinski definition) is 1. The Balaban J connectivity index is 3.49. The summed E-state index contributed by atoms with van der Waals surface area (Å²) in [4.78, 5) is 9.46. The standard InChI is InChI=1S/C8H7N3O4S/c1-10-16(14,15)8-3-6(5-9)2-7(4-8)11(12)13/h2-4,10H,1H3. The summed E-state index contributed by atoms with van der Waals surface area (Å²) < 4.78 is 24.8. The first kappa shape index (κ1) is 12.1. The van der Waals surface area contributed by atoms with Crippen molar-refractivity contribution in [1.29, 1.82) is 5.26 Å². The van der Waals surface area contributed by atoms with Crippen molar-refractivity contribution in [2.24, 2.45) is 0 Å². The average Bonchev–Trinajstić information content (AvgIpc) is 2.28. The zero-order valence-electron chi connectivity index (χ0n) is 8.17. The summed E-state index contributed by atoms with van der Waals surface area (Å²) in [6.07, 6.45) is 0. The normalized spacial score (nSPS) is 10.8. The lowest BCUT2D eigenvalue weighted by molar-refractivity contribution is -0.385. The summed E-state index contributed by atoms with van der Waals surface area (Å²) in [5, 5.41) is 19.1. The Morgan fingerprint density at radius 1 is 1.44 bits per heavy atom. The van der Waals surface area contributed by atoms with Gasteiger partial charge in [0.15, 0.2) is 0 Å². The molecule has 0 bridgehead atoms. The van der Waals surface area contributed by atoms with Gasteiger partial charge in [-0.2, -0.15) is 5.26 Å². The molecule has 0 fully saturated rings. The van der Waals surface area contributed by atoms with E-state index in [1.165, 1.54) is 7.05 Å². The first-order valence-corrected chi connectivity index (χ1v) is 5.52. The molecule has 0 unspecified atom stereocenters. The Bertz CT molecular complexity index is 573. The van der Waals surface area contributed by atoms with Crippen LogP contribution in [0.4, 0.5) is 5.69 Å². The van der Waals surface area contributed by atoms with Crippen LogP contribution in [0.15, 0.2) is 23.1 Å². The van der Waals surface area contributed by atoms with Crippen molar-refractivity contribution >= 4 is 15.7 Å². The lowest BCUT2D eigenvalue weighted by Crippen LogP contribution is -2.18. The molecule has 0 heterocycles. The van der Waals surface area contributed by atoms with Crippen LogP contribution in [0.1, 0.15) is 5.56 Å². The molecule has 0 aliphatic heterocycles. The van der Waals surface area contributed by atoms with Crippen molar-refractivity contribution in [3.8, 4) is 6.07 Å². The minimum absolute atomic E-state index is 0.0805. The number of sulfonamides is 1. The highest BCUT2D eigenvalue weighted by Crippen LogP contribution is 2.20. The van der Waals surface area contributed by atoms with E-state index in [4.69, 9.17) is 5.26 Å². The summed E-state index contributed by atoms with van der Waals surface area (Å²) >= 11 is 0. The third kappa shape index (κ3) is 2.33. The fourth-order valence-corrected chi connectivity index (χ4v) is 1.82. The van der Waals surface area contributed by atoms with Crippen molar-refractivity contribution in [3.05, 3.63) is 33.9 Å². The second kappa shape index (κ2) is 4.26. The Labute approximate surface area is 91.5 Å². The molecule has 0 aliphatic rings. The van der Waals surface area contributed by atoms with Gasteiger partial charge in [-0.25, -0.2) is 13.1 Å². The van der Waals surface area contributed by atoms with Crippen molar-refractivity contribution in [3.63, 3.8) is 0 Å². The van der Waals surface area contributed by atoms with Gasteiger partial charge in [0.2, 0.25) is 10.0 Å². The van der Waals surface area contributed by atoms with Crippen LogP contribution in [0.5, 0.6) is 0 Å². The highest BCUT2D eigenvalue weighted by molar-refractivity contribution is 7.89. The van der Waals surface area contributed by atoms with Crippen LogP contribution in [0.3, 0.4) is 0 Å². The fraction of sp³-hybridized carbons (Fsp3) is 0.125. The van der Waals surface area contributed by atoms with Gasteiger partial charge in [0.05, 0.1) is 21.5 Å². The molecule has 1 rings (SSSR count). The lowest BCUT2D eigenvalue weighted by Gasteiger charge is -2.02. The van der Waals surface area contributed by atoms with E-state index in [1.54, 1.807) is 6.07 Å². The maximum absolute atomic E-state index is 11.4. The highest BCUT2D eigenvalue weighted by atomic mass is 32.2. The second-order valence-electron chi connectivity index (χ2n) is 2.79. The fourth-order valence-electron chi connectivity index (χ4n) is 1.03. The number of benzene rings is 1. The van der Waals surface area contributed by atoms with E-state index < -0.39 is 20.6 Å². The van der Waals surface area contributed by atoms with E-state index in [2.05, 4.69) is 0 Å². The van der Waals surface area contributed by atoms with Crippen LogP contribution in [0.25, 0.3) is 0 Å². The molecule has 0 aromatic heterocycles. The topological polar surface area (TPSA) is 113 Å². The number of nitriles is 1. The molecule has 0 radical (unpaired) electrons. The van der Waals surface area contributed by atoms with Crippen LogP contribution < -0.4 is 4.72 Å². The zero-order chi connectivity index (χ0) is 12.3. The van der Waals surface area contributed by atoms with Crippen molar-refractivity contribution in [2.45, 2.75) is 4.90 Å². The van der Waals surface area contributed by atoms with Gasteiger partial charge in [-0.15, -0.1) is 0 Å².